The first kappa shape index (κ1) is 16.0. The van der Waals surface area contributed by atoms with Gasteiger partial charge in [0, 0.05) is 18.4 Å². The molecule has 0 radical (unpaired) electrons. The highest BCUT2D eigenvalue weighted by Gasteiger charge is 2.43. The van der Waals surface area contributed by atoms with Crippen LogP contribution in [0.2, 0.25) is 0 Å². The number of hydrogen-bond acceptors (Lipinski definition) is 2. The number of alkyl halides is 3. The standard InChI is InChI=1S/C16H20F3NO/c1-11(2)15(6-7-20-10-15)14(21)9-12-4-3-5-13(8-12)16(17,18)19/h3-5,8,11,20H,6-7,9-10H2,1-2H3. The van der Waals surface area contributed by atoms with Gasteiger partial charge in [0.25, 0.3) is 0 Å². The van der Waals surface area contributed by atoms with E-state index in [4.69, 9.17) is 0 Å². The van der Waals surface area contributed by atoms with E-state index in [1.54, 1.807) is 6.07 Å². The Morgan fingerprint density at radius 1 is 1.38 bits per heavy atom. The molecule has 0 spiro atoms. The predicted molar refractivity (Wildman–Crippen MR) is 74.9 cm³/mol. The molecule has 21 heavy (non-hydrogen) atoms. The van der Waals surface area contributed by atoms with Crippen molar-refractivity contribution in [2.75, 3.05) is 13.1 Å². The summed E-state index contributed by atoms with van der Waals surface area (Å²) in [6.07, 6.45) is -3.56. The maximum absolute atomic E-state index is 12.7. The van der Waals surface area contributed by atoms with Crippen LogP contribution in [0.4, 0.5) is 13.2 Å². The zero-order valence-corrected chi connectivity index (χ0v) is 12.3. The predicted octanol–water partition coefficient (Wildman–Crippen LogP) is 3.45. The summed E-state index contributed by atoms with van der Waals surface area (Å²) < 4.78 is 38.1. The minimum Gasteiger partial charge on any atom is -0.316 e. The molecule has 1 aromatic rings. The van der Waals surface area contributed by atoms with Crippen LogP contribution in [0.5, 0.6) is 0 Å². The van der Waals surface area contributed by atoms with Crippen molar-refractivity contribution in [3.05, 3.63) is 35.4 Å². The highest BCUT2D eigenvalue weighted by Crippen LogP contribution is 2.36. The third kappa shape index (κ3) is 3.28. The lowest BCUT2D eigenvalue weighted by molar-refractivity contribution is -0.137. The van der Waals surface area contributed by atoms with Gasteiger partial charge in [-0.1, -0.05) is 32.0 Å². The van der Waals surface area contributed by atoms with Gasteiger partial charge in [-0.2, -0.15) is 13.2 Å². The van der Waals surface area contributed by atoms with Gasteiger partial charge in [-0.15, -0.1) is 0 Å². The van der Waals surface area contributed by atoms with Gasteiger partial charge < -0.3 is 5.32 Å². The highest BCUT2D eigenvalue weighted by atomic mass is 19.4. The Labute approximate surface area is 122 Å². The Morgan fingerprint density at radius 3 is 2.62 bits per heavy atom. The van der Waals surface area contributed by atoms with Crippen LogP contribution in [0.25, 0.3) is 0 Å². The fourth-order valence-corrected chi connectivity index (χ4v) is 2.98. The molecule has 1 unspecified atom stereocenters. The van der Waals surface area contributed by atoms with Crippen LogP contribution < -0.4 is 5.32 Å². The van der Waals surface area contributed by atoms with E-state index < -0.39 is 17.2 Å². The molecular weight excluding hydrogens is 279 g/mol. The maximum atomic E-state index is 12.7. The fourth-order valence-electron chi connectivity index (χ4n) is 2.98. The molecule has 1 atom stereocenters. The van der Waals surface area contributed by atoms with Gasteiger partial charge in [-0.05, 0) is 30.5 Å². The summed E-state index contributed by atoms with van der Waals surface area (Å²) in [6.45, 7) is 5.39. The Kier molecular flexibility index (Phi) is 4.42. The molecule has 0 bridgehead atoms. The third-order valence-electron chi connectivity index (χ3n) is 4.47. The number of Topliss-reactive ketones (excluding diaryl/α,β-unsaturated/α-hetero) is 1. The van der Waals surface area contributed by atoms with E-state index in [1.807, 2.05) is 13.8 Å². The van der Waals surface area contributed by atoms with E-state index >= 15 is 0 Å². The average Bonchev–Trinajstić information content (AvgIpc) is 2.88. The summed E-state index contributed by atoms with van der Waals surface area (Å²) >= 11 is 0. The molecule has 1 N–H and O–H groups in total. The van der Waals surface area contributed by atoms with Gasteiger partial charge in [-0.3, -0.25) is 4.79 Å². The van der Waals surface area contributed by atoms with Crippen LogP contribution in [-0.2, 0) is 17.4 Å². The molecule has 0 amide bonds. The first-order valence-corrected chi connectivity index (χ1v) is 7.16. The van der Waals surface area contributed by atoms with Crippen molar-refractivity contribution in [2.24, 2.45) is 11.3 Å². The van der Waals surface area contributed by atoms with Gasteiger partial charge in [0.05, 0.1) is 5.56 Å². The Morgan fingerprint density at radius 2 is 2.10 bits per heavy atom. The molecule has 1 aromatic carbocycles. The Hall–Kier alpha value is -1.36. The molecule has 1 heterocycles. The van der Waals surface area contributed by atoms with Gasteiger partial charge in [0.2, 0.25) is 0 Å². The normalized spacial score (nSPS) is 22.8. The van der Waals surface area contributed by atoms with E-state index in [2.05, 4.69) is 5.32 Å². The van der Waals surface area contributed by atoms with Crippen molar-refractivity contribution in [3.8, 4) is 0 Å². The number of carbonyl (C=O) groups is 1. The average molecular weight is 299 g/mol. The number of carbonyl (C=O) groups excluding carboxylic acids is 1. The van der Waals surface area contributed by atoms with E-state index in [0.717, 1.165) is 25.1 Å². The molecule has 5 heteroatoms. The van der Waals surface area contributed by atoms with Crippen molar-refractivity contribution in [1.29, 1.82) is 0 Å². The van der Waals surface area contributed by atoms with Crippen LogP contribution in [0.15, 0.2) is 24.3 Å². The summed E-state index contributed by atoms with van der Waals surface area (Å²) in [5.41, 5.74) is -0.716. The first-order valence-electron chi connectivity index (χ1n) is 7.16. The SMILES string of the molecule is CC(C)C1(C(=O)Cc2cccc(C(F)(F)F)c2)CCNC1. The molecule has 1 saturated heterocycles. The van der Waals surface area contributed by atoms with Crippen LogP contribution in [-0.4, -0.2) is 18.9 Å². The van der Waals surface area contributed by atoms with Gasteiger partial charge in [-0.25, -0.2) is 0 Å². The lowest BCUT2D eigenvalue weighted by atomic mass is 9.71. The summed E-state index contributed by atoms with van der Waals surface area (Å²) in [4.78, 5) is 12.6. The van der Waals surface area contributed by atoms with Gasteiger partial charge in [0.15, 0.2) is 0 Å². The smallest absolute Gasteiger partial charge is 0.316 e. The first-order chi connectivity index (χ1) is 9.75. The van der Waals surface area contributed by atoms with Crippen molar-refractivity contribution < 1.29 is 18.0 Å². The lowest BCUT2D eigenvalue weighted by Gasteiger charge is -2.31. The number of hydrogen-bond donors (Lipinski definition) is 1. The van der Waals surface area contributed by atoms with Crippen LogP contribution in [0.1, 0.15) is 31.4 Å². The zero-order chi connectivity index (χ0) is 15.7. The van der Waals surface area contributed by atoms with E-state index in [1.165, 1.54) is 6.07 Å². The minimum absolute atomic E-state index is 0.0295. The van der Waals surface area contributed by atoms with Gasteiger partial charge >= 0.3 is 6.18 Å². The van der Waals surface area contributed by atoms with Crippen molar-refractivity contribution in [2.45, 2.75) is 32.9 Å². The second-order valence-corrected chi connectivity index (χ2v) is 6.04. The van der Waals surface area contributed by atoms with Crippen molar-refractivity contribution >= 4 is 5.78 Å². The molecule has 116 valence electrons. The van der Waals surface area contributed by atoms with Crippen molar-refractivity contribution in [3.63, 3.8) is 0 Å². The summed E-state index contributed by atoms with van der Waals surface area (Å²) in [5, 5.41) is 3.20. The highest BCUT2D eigenvalue weighted by molar-refractivity contribution is 5.87. The molecule has 2 nitrogen and oxygen atoms in total. The molecule has 0 aliphatic carbocycles. The molecule has 1 fully saturated rings. The number of halogens is 3. The largest absolute Gasteiger partial charge is 0.416 e. The monoisotopic (exact) mass is 299 g/mol. The Balaban J connectivity index is 2.20. The third-order valence-corrected chi connectivity index (χ3v) is 4.47. The molecule has 1 aliphatic heterocycles. The van der Waals surface area contributed by atoms with E-state index in [9.17, 15) is 18.0 Å². The van der Waals surface area contributed by atoms with Crippen LogP contribution in [0.3, 0.4) is 0 Å². The molecule has 2 rings (SSSR count). The molecule has 0 aromatic heterocycles. The molecular formula is C16H20F3NO. The van der Waals surface area contributed by atoms with E-state index in [-0.39, 0.29) is 18.1 Å². The minimum atomic E-state index is -4.37. The van der Waals surface area contributed by atoms with Crippen LogP contribution >= 0.6 is 0 Å². The maximum Gasteiger partial charge on any atom is 0.416 e. The second kappa shape index (κ2) is 5.79. The lowest BCUT2D eigenvalue weighted by Crippen LogP contribution is -2.39. The summed E-state index contributed by atoms with van der Waals surface area (Å²) in [6, 6.07) is 5.06. The Bertz CT molecular complexity index is 516. The quantitative estimate of drug-likeness (QED) is 0.922. The number of nitrogens with one attached hydrogen (secondary N) is 1. The summed E-state index contributed by atoms with van der Waals surface area (Å²) in [7, 11) is 0. The van der Waals surface area contributed by atoms with Crippen molar-refractivity contribution in [1.82, 2.24) is 5.32 Å². The zero-order valence-electron chi connectivity index (χ0n) is 12.3. The fraction of sp³-hybridized carbons (Fsp3) is 0.562. The molecule has 1 aliphatic rings. The molecule has 0 saturated carbocycles. The van der Waals surface area contributed by atoms with E-state index in [0.29, 0.717) is 12.1 Å². The topological polar surface area (TPSA) is 29.1 Å². The second-order valence-electron chi connectivity index (χ2n) is 6.04. The number of ketones is 1. The number of benzene rings is 1. The van der Waals surface area contributed by atoms with Crippen LogP contribution in [0, 0.1) is 11.3 Å². The number of rotatable bonds is 4. The van der Waals surface area contributed by atoms with Gasteiger partial charge in [0.1, 0.15) is 5.78 Å². The summed E-state index contributed by atoms with van der Waals surface area (Å²) in [5.74, 6) is 0.202.